The predicted molar refractivity (Wildman–Crippen MR) is 95.9 cm³/mol. The van der Waals surface area contributed by atoms with Gasteiger partial charge >= 0.3 is 0 Å². The Kier molecular flexibility index (Phi) is 4.66. The van der Waals surface area contributed by atoms with E-state index >= 15 is 0 Å². The van der Waals surface area contributed by atoms with Crippen molar-refractivity contribution in [1.29, 1.82) is 0 Å². The quantitative estimate of drug-likeness (QED) is 0.837. The first kappa shape index (κ1) is 17.0. The zero-order valence-corrected chi connectivity index (χ0v) is 15.2. The van der Waals surface area contributed by atoms with E-state index in [1.165, 1.54) is 17.5 Å². The third kappa shape index (κ3) is 3.33. The largest absolute Gasteiger partial charge is 0.342 e. The Morgan fingerprint density at radius 2 is 1.71 bits per heavy atom. The van der Waals surface area contributed by atoms with Gasteiger partial charge in [-0.3, -0.25) is 9.59 Å². The minimum atomic E-state index is -0.198. The number of nitrogens with zero attached hydrogens (tertiary/aromatic N) is 2. The first-order valence-corrected chi connectivity index (χ1v) is 9.01. The van der Waals surface area contributed by atoms with E-state index in [1.807, 2.05) is 23.1 Å². The maximum Gasteiger partial charge on any atom is 0.228 e. The molecule has 0 spiro atoms. The van der Waals surface area contributed by atoms with Gasteiger partial charge in [-0.2, -0.15) is 0 Å². The summed E-state index contributed by atoms with van der Waals surface area (Å²) in [4.78, 5) is 29.1. The summed E-state index contributed by atoms with van der Waals surface area (Å²) in [6, 6.07) is 6.07. The number of aryl methyl sites for hydroxylation is 2. The zero-order valence-electron chi connectivity index (χ0n) is 15.2. The van der Waals surface area contributed by atoms with Gasteiger partial charge in [0.15, 0.2) is 0 Å². The SMILES string of the molecule is Cc1ccc(N2C[C@H](C(=O)N3C[C@@H](C)C[C@H](C)C3)CC2=O)cc1C. The first-order chi connectivity index (χ1) is 11.3. The Hall–Kier alpha value is -1.84. The van der Waals surface area contributed by atoms with Crippen LogP contribution < -0.4 is 4.90 Å². The van der Waals surface area contributed by atoms with Gasteiger partial charge in [-0.15, -0.1) is 0 Å². The molecule has 0 N–H and O–H groups in total. The number of benzene rings is 1. The van der Waals surface area contributed by atoms with Crippen molar-refractivity contribution in [2.24, 2.45) is 17.8 Å². The zero-order chi connectivity index (χ0) is 17.4. The lowest BCUT2D eigenvalue weighted by Gasteiger charge is -2.36. The van der Waals surface area contributed by atoms with Crippen LogP contribution in [0, 0.1) is 31.6 Å². The predicted octanol–water partition coefficient (Wildman–Crippen LogP) is 3.16. The smallest absolute Gasteiger partial charge is 0.228 e. The monoisotopic (exact) mass is 328 g/mol. The van der Waals surface area contributed by atoms with Crippen LogP contribution in [-0.4, -0.2) is 36.3 Å². The lowest BCUT2D eigenvalue weighted by atomic mass is 9.91. The number of carbonyl (C=O) groups excluding carboxylic acids is 2. The Morgan fingerprint density at radius 3 is 2.33 bits per heavy atom. The van der Waals surface area contributed by atoms with Crippen LogP contribution in [0.3, 0.4) is 0 Å². The van der Waals surface area contributed by atoms with Crippen LogP contribution in [0.5, 0.6) is 0 Å². The summed E-state index contributed by atoms with van der Waals surface area (Å²) in [6.45, 7) is 10.7. The van der Waals surface area contributed by atoms with E-state index in [2.05, 4.69) is 27.7 Å². The molecule has 0 unspecified atom stereocenters. The number of hydrogen-bond acceptors (Lipinski definition) is 2. The fourth-order valence-electron chi connectivity index (χ4n) is 4.12. The van der Waals surface area contributed by atoms with Crippen molar-refractivity contribution in [1.82, 2.24) is 4.90 Å². The molecule has 3 rings (SSSR count). The summed E-state index contributed by atoms with van der Waals surface area (Å²) in [5.74, 6) is 1.12. The summed E-state index contributed by atoms with van der Waals surface area (Å²) in [6.07, 6.45) is 1.52. The standard InChI is InChI=1S/C20H28N2O2/c1-13-7-14(2)11-21(10-13)20(24)17-9-19(23)22(12-17)18-6-5-15(3)16(4)8-18/h5-6,8,13-14,17H,7,9-12H2,1-4H3/t13-,14-,17+/m0/s1. The molecule has 0 saturated carbocycles. The van der Waals surface area contributed by atoms with Crippen LogP contribution in [0.2, 0.25) is 0 Å². The van der Waals surface area contributed by atoms with E-state index in [0.29, 0.717) is 24.8 Å². The number of hydrogen-bond donors (Lipinski definition) is 0. The molecule has 0 aliphatic carbocycles. The molecule has 4 nitrogen and oxygen atoms in total. The molecular formula is C20H28N2O2. The van der Waals surface area contributed by atoms with Crippen molar-refractivity contribution in [3.8, 4) is 0 Å². The van der Waals surface area contributed by atoms with Crippen molar-refractivity contribution >= 4 is 17.5 Å². The lowest BCUT2D eigenvalue weighted by molar-refractivity contribution is -0.138. The van der Waals surface area contributed by atoms with E-state index < -0.39 is 0 Å². The van der Waals surface area contributed by atoms with Gasteiger partial charge in [0.2, 0.25) is 11.8 Å². The van der Waals surface area contributed by atoms with Gasteiger partial charge < -0.3 is 9.80 Å². The highest BCUT2D eigenvalue weighted by Crippen LogP contribution is 2.29. The second kappa shape index (κ2) is 6.58. The van der Waals surface area contributed by atoms with Crippen LogP contribution in [-0.2, 0) is 9.59 Å². The average molecular weight is 328 g/mol. The van der Waals surface area contributed by atoms with Crippen LogP contribution in [0.25, 0.3) is 0 Å². The fourth-order valence-corrected chi connectivity index (χ4v) is 4.12. The van der Waals surface area contributed by atoms with Gasteiger partial charge in [0.25, 0.3) is 0 Å². The Balaban J connectivity index is 1.72. The van der Waals surface area contributed by atoms with Crippen molar-refractivity contribution < 1.29 is 9.59 Å². The molecule has 0 bridgehead atoms. The van der Waals surface area contributed by atoms with Crippen LogP contribution >= 0.6 is 0 Å². The van der Waals surface area contributed by atoms with Crippen LogP contribution in [0.4, 0.5) is 5.69 Å². The molecule has 130 valence electrons. The second-order valence-electron chi connectivity index (χ2n) is 7.86. The molecule has 3 atom stereocenters. The van der Waals surface area contributed by atoms with E-state index in [4.69, 9.17) is 0 Å². The molecule has 24 heavy (non-hydrogen) atoms. The molecule has 4 heteroatoms. The average Bonchev–Trinajstić information content (AvgIpc) is 2.90. The van der Waals surface area contributed by atoms with E-state index in [-0.39, 0.29) is 17.7 Å². The van der Waals surface area contributed by atoms with Crippen molar-refractivity contribution in [2.45, 2.75) is 40.5 Å². The molecule has 1 aromatic carbocycles. The number of likely N-dealkylation sites (tertiary alicyclic amines) is 1. The van der Waals surface area contributed by atoms with Gasteiger partial charge in [0, 0.05) is 31.7 Å². The Labute approximate surface area is 144 Å². The van der Waals surface area contributed by atoms with E-state index in [9.17, 15) is 9.59 Å². The normalized spacial score (nSPS) is 27.7. The minimum absolute atomic E-state index is 0.0645. The summed E-state index contributed by atoms with van der Waals surface area (Å²) < 4.78 is 0. The maximum absolute atomic E-state index is 12.9. The van der Waals surface area contributed by atoms with E-state index in [1.54, 1.807) is 4.90 Å². The molecule has 2 fully saturated rings. The lowest BCUT2D eigenvalue weighted by Crippen LogP contribution is -2.45. The molecular weight excluding hydrogens is 300 g/mol. The summed E-state index contributed by atoms with van der Waals surface area (Å²) in [5, 5.41) is 0. The molecule has 2 aliphatic rings. The van der Waals surface area contributed by atoms with Crippen LogP contribution in [0.1, 0.15) is 37.8 Å². The third-order valence-corrected chi connectivity index (χ3v) is 5.46. The second-order valence-corrected chi connectivity index (χ2v) is 7.86. The number of anilines is 1. The maximum atomic E-state index is 12.9. The molecule has 2 amide bonds. The van der Waals surface area contributed by atoms with Gasteiger partial charge in [-0.1, -0.05) is 19.9 Å². The molecule has 2 heterocycles. The Morgan fingerprint density at radius 1 is 1.04 bits per heavy atom. The molecule has 0 radical (unpaired) electrons. The van der Waals surface area contributed by atoms with Crippen LogP contribution in [0.15, 0.2) is 18.2 Å². The topological polar surface area (TPSA) is 40.6 Å². The minimum Gasteiger partial charge on any atom is -0.342 e. The molecule has 2 aliphatic heterocycles. The third-order valence-electron chi connectivity index (χ3n) is 5.46. The summed E-state index contributed by atoms with van der Waals surface area (Å²) in [5.41, 5.74) is 3.31. The highest BCUT2D eigenvalue weighted by molar-refractivity contribution is 6.00. The molecule has 1 aromatic rings. The van der Waals surface area contributed by atoms with Gasteiger partial charge in [0.05, 0.1) is 5.92 Å². The number of amides is 2. The van der Waals surface area contributed by atoms with Crippen molar-refractivity contribution in [3.63, 3.8) is 0 Å². The first-order valence-electron chi connectivity index (χ1n) is 9.01. The van der Waals surface area contributed by atoms with E-state index in [0.717, 1.165) is 18.8 Å². The molecule has 2 saturated heterocycles. The van der Waals surface area contributed by atoms with Crippen molar-refractivity contribution in [3.05, 3.63) is 29.3 Å². The van der Waals surface area contributed by atoms with Gasteiger partial charge in [-0.25, -0.2) is 0 Å². The highest BCUT2D eigenvalue weighted by Gasteiger charge is 2.38. The fraction of sp³-hybridized carbons (Fsp3) is 0.600. The van der Waals surface area contributed by atoms with Crippen molar-refractivity contribution in [2.75, 3.05) is 24.5 Å². The van der Waals surface area contributed by atoms with Gasteiger partial charge in [-0.05, 0) is 55.4 Å². The van der Waals surface area contributed by atoms with Gasteiger partial charge in [0.1, 0.15) is 0 Å². The highest BCUT2D eigenvalue weighted by atomic mass is 16.2. The number of piperidine rings is 1. The molecule has 0 aromatic heterocycles. The Bertz CT molecular complexity index is 645. The summed E-state index contributed by atoms with van der Waals surface area (Å²) >= 11 is 0. The summed E-state index contributed by atoms with van der Waals surface area (Å²) in [7, 11) is 0. The number of carbonyl (C=O) groups is 2. The number of rotatable bonds is 2.